The number of rotatable bonds is 7. The molecule has 0 unspecified atom stereocenters. The number of aliphatic hydroxyl groups excluding tert-OH is 1. The second kappa shape index (κ2) is 7.66. The zero-order chi connectivity index (χ0) is 16.0. The van der Waals surface area contributed by atoms with Crippen LogP contribution in [0.15, 0.2) is 18.2 Å². The maximum Gasteiger partial charge on any atom is 0.253 e. The molecule has 0 aliphatic rings. The highest BCUT2D eigenvalue weighted by atomic mass is 35.5. The van der Waals surface area contributed by atoms with Crippen molar-refractivity contribution in [3.63, 3.8) is 0 Å². The van der Waals surface area contributed by atoms with Crippen LogP contribution in [0.3, 0.4) is 0 Å². The third kappa shape index (κ3) is 4.35. The molecule has 1 rings (SSSR count). The number of carbonyl (C=O) groups is 1. The molecule has 0 radical (unpaired) electrons. The van der Waals surface area contributed by atoms with Crippen molar-refractivity contribution < 1.29 is 9.90 Å². The van der Waals surface area contributed by atoms with Crippen LogP contribution in [0.1, 0.15) is 37.0 Å². The first kappa shape index (κ1) is 17.8. The van der Waals surface area contributed by atoms with E-state index >= 15 is 0 Å². The zero-order valence-corrected chi connectivity index (χ0v) is 14.0. The molecule has 4 nitrogen and oxygen atoms in total. The molecule has 0 aliphatic carbocycles. The fraction of sp³-hybridized carbons (Fsp3) is 0.562. The monoisotopic (exact) mass is 312 g/mol. The average Bonchev–Trinajstić information content (AvgIpc) is 2.50. The number of benzene rings is 1. The number of nitrogens with one attached hydrogen (secondary N) is 1. The van der Waals surface area contributed by atoms with Gasteiger partial charge in [0.05, 0.1) is 17.3 Å². The first-order valence-corrected chi connectivity index (χ1v) is 7.63. The van der Waals surface area contributed by atoms with Gasteiger partial charge in [-0.25, -0.2) is 0 Å². The number of amides is 1. The van der Waals surface area contributed by atoms with Crippen LogP contribution in [-0.4, -0.2) is 43.2 Å². The molecule has 0 heterocycles. The summed E-state index contributed by atoms with van der Waals surface area (Å²) in [5.74, 6) is -0.0610. The SMILES string of the molecule is CCC(CC)(CO)CNc1cc(C(=O)N(C)C)ccc1Cl. The number of aliphatic hydroxyl groups is 1. The van der Waals surface area contributed by atoms with Gasteiger partial charge in [-0.1, -0.05) is 25.4 Å². The van der Waals surface area contributed by atoms with Crippen molar-refractivity contribution in [2.45, 2.75) is 26.7 Å². The van der Waals surface area contributed by atoms with E-state index in [-0.39, 0.29) is 17.9 Å². The molecule has 0 aromatic heterocycles. The molecule has 0 spiro atoms. The number of carbonyl (C=O) groups excluding carboxylic acids is 1. The van der Waals surface area contributed by atoms with Crippen LogP contribution in [0.25, 0.3) is 0 Å². The predicted octanol–water partition coefficient (Wildman–Crippen LogP) is 3.25. The Morgan fingerprint density at radius 3 is 2.43 bits per heavy atom. The van der Waals surface area contributed by atoms with Gasteiger partial charge in [0.25, 0.3) is 5.91 Å². The number of hydrogen-bond acceptors (Lipinski definition) is 3. The highest BCUT2D eigenvalue weighted by molar-refractivity contribution is 6.33. The van der Waals surface area contributed by atoms with E-state index in [0.717, 1.165) is 18.5 Å². The van der Waals surface area contributed by atoms with Crippen molar-refractivity contribution in [2.24, 2.45) is 5.41 Å². The fourth-order valence-corrected chi connectivity index (χ4v) is 2.30. The summed E-state index contributed by atoms with van der Waals surface area (Å²) in [6.07, 6.45) is 1.75. The predicted molar refractivity (Wildman–Crippen MR) is 88.1 cm³/mol. The van der Waals surface area contributed by atoms with Gasteiger partial charge in [-0.3, -0.25) is 4.79 Å². The minimum Gasteiger partial charge on any atom is -0.396 e. The molecule has 1 aromatic rings. The Morgan fingerprint density at radius 1 is 1.33 bits per heavy atom. The molecular formula is C16H25ClN2O2. The molecule has 0 atom stereocenters. The second-order valence-corrected chi connectivity index (χ2v) is 6.02. The molecule has 0 fully saturated rings. The lowest BCUT2D eigenvalue weighted by Gasteiger charge is -2.30. The fourth-order valence-electron chi connectivity index (χ4n) is 2.11. The van der Waals surface area contributed by atoms with Gasteiger partial charge in [0.1, 0.15) is 0 Å². The van der Waals surface area contributed by atoms with Crippen LogP contribution in [0.4, 0.5) is 5.69 Å². The maximum atomic E-state index is 12.0. The largest absolute Gasteiger partial charge is 0.396 e. The van der Waals surface area contributed by atoms with Gasteiger partial charge < -0.3 is 15.3 Å². The average molecular weight is 313 g/mol. The van der Waals surface area contributed by atoms with E-state index < -0.39 is 0 Å². The van der Waals surface area contributed by atoms with Gasteiger partial charge in [-0.05, 0) is 31.0 Å². The summed E-state index contributed by atoms with van der Waals surface area (Å²) < 4.78 is 0. The van der Waals surface area contributed by atoms with Crippen LogP contribution in [0.5, 0.6) is 0 Å². The quantitative estimate of drug-likeness (QED) is 0.812. The molecule has 0 saturated heterocycles. The number of halogens is 1. The smallest absolute Gasteiger partial charge is 0.253 e. The molecule has 2 N–H and O–H groups in total. The topological polar surface area (TPSA) is 52.6 Å². The van der Waals surface area contributed by atoms with Gasteiger partial charge in [0.2, 0.25) is 0 Å². The molecule has 0 bridgehead atoms. The Labute approximate surface area is 132 Å². The molecule has 118 valence electrons. The highest BCUT2D eigenvalue weighted by Gasteiger charge is 2.25. The normalized spacial score (nSPS) is 11.3. The third-order valence-corrected chi connectivity index (χ3v) is 4.44. The Balaban J connectivity index is 2.93. The molecule has 1 amide bonds. The zero-order valence-electron chi connectivity index (χ0n) is 13.2. The van der Waals surface area contributed by atoms with Gasteiger partial charge in [-0.2, -0.15) is 0 Å². The first-order valence-electron chi connectivity index (χ1n) is 7.25. The van der Waals surface area contributed by atoms with Gasteiger partial charge in [-0.15, -0.1) is 0 Å². The van der Waals surface area contributed by atoms with E-state index in [2.05, 4.69) is 19.2 Å². The molecule has 5 heteroatoms. The van der Waals surface area contributed by atoms with Crippen LogP contribution in [0.2, 0.25) is 5.02 Å². The maximum absolute atomic E-state index is 12.0. The lowest BCUT2D eigenvalue weighted by atomic mass is 9.83. The number of hydrogen-bond donors (Lipinski definition) is 2. The highest BCUT2D eigenvalue weighted by Crippen LogP contribution is 2.29. The van der Waals surface area contributed by atoms with Crippen LogP contribution < -0.4 is 5.32 Å². The van der Waals surface area contributed by atoms with Crippen LogP contribution >= 0.6 is 11.6 Å². The van der Waals surface area contributed by atoms with Crippen molar-refractivity contribution in [3.8, 4) is 0 Å². The van der Waals surface area contributed by atoms with Crippen molar-refractivity contribution in [3.05, 3.63) is 28.8 Å². The minimum atomic E-state index is -0.162. The Morgan fingerprint density at radius 2 is 1.95 bits per heavy atom. The molecule has 1 aromatic carbocycles. The summed E-state index contributed by atoms with van der Waals surface area (Å²) >= 11 is 6.19. The van der Waals surface area contributed by atoms with Gasteiger partial charge in [0, 0.05) is 31.6 Å². The third-order valence-electron chi connectivity index (χ3n) is 4.11. The van der Waals surface area contributed by atoms with E-state index in [1.807, 2.05) is 0 Å². The summed E-state index contributed by atoms with van der Waals surface area (Å²) in [4.78, 5) is 13.5. The van der Waals surface area contributed by atoms with E-state index in [0.29, 0.717) is 17.1 Å². The summed E-state index contributed by atoms with van der Waals surface area (Å²) in [6, 6.07) is 5.20. The molecule has 0 aliphatic heterocycles. The first-order chi connectivity index (χ1) is 9.89. The van der Waals surface area contributed by atoms with E-state index in [4.69, 9.17) is 11.6 Å². The Kier molecular flexibility index (Phi) is 6.49. The number of anilines is 1. The summed E-state index contributed by atoms with van der Waals surface area (Å²) in [6.45, 7) is 4.88. The van der Waals surface area contributed by atoms with Crippen molar-refractivity contribution in [1.29, 1.82) is 0 Å². The van der Waals surface area contributed by atoms with Crippen molar-refractivity contribution >= 4 is 23.2 Å². The van der Waals surface area contributed by atoms with Crippen LogP contribution in [0, 0.1) is 5.41 Å². The summed E-state index contributed by atoms with van der Waals surface area (Å²) in [5, 5.41) is 13.5. The van der Waals surface area contributed by atoms with Crippen LogP contribution in [-0.2, 0) is 0 Å². The molecule has 21 heavy (non-hydrogen) atoms. The summed E-state index contributed by atoms with van der Waals surface area (Å²) in [7, 11) is 3.43. The Hall–Kier alpha value is -1.26. The summed E-state index contributed by atoms with van der Waals surface area (Å²) in [5.41, 5.74) is 1.16. The van der Waals surface area contributed by atoms with Gasteiger partial charge >= 0.3 is 0 Å². The van der Waals surface area contributed by atoms with E-state index in [1.165, 1.54) is 4.90 Å². The Bertz CT molecular complexity index is 477. The number of nitrogens with zero attached hydrogens (tertiary/aromatic N) is 1. The minimum absolute atomic E-state index is 0.0610. The molecular weight excluding hydrogens is 288 g/mol. The molecule has 0 saturated carbocycles. The van der Waals surface area contributed by atoms with Crippen molar-refractivity contribution in [2.75, 3.05) is 32.6 Å². The lowest BCUT2D eigenvalue weighted by Crippen LogP contribution is -2.32. The van der Waals surface area contributed by atoms with Crippen molar-refractivity contribution in [1.82, 2.24) is 4.90 Å². The second-order valence-electron chi connectivity index (χ2n) is 5.61. The van der Waals surface area contributed by atoms with Gasteiger partial charge in [0.15, 0.2) is 0 Å². The van der Waals surface area contributed by atoms with E-state index in [1.54, 1.807) is 32.3 Å². The lowest BCUT2D eigenvalue weighted by molar-refractivity contribution is 0.0827. The standard InChI is InChI=1S/C16H25ClN2O2/c1-5-16(6-2,11-20)10-18-14-9-12(7-8-13(14)17)15(21)19(3)4/h7-9,18,20H,5-6,10-11H2,1-4H3. The van der Waals surface area contributed by atoms with E-state index in [9.17, 15) is 9.90 Å².